The van der Waals surface area contributed by atoms with Crippen molar-refractivity contribution < 1.29 is 36.8 Å². The number of nitrogens with zero attached hydrogens (tertiary/aromatic N) is 4. The SMILES string of the molecule is [2H]C([2H])([2H])C1=C[N-]C(c2[c-]cc(C([2H])([2H])[2H])cc2)C=C1.[2H]C([2H])([2H])c1nc2nc(-c3[c-]cccc3)n(-c3cc(-c4ccccc4)ccc3F)c2s1.[Ir+3]. The second-order valence-electron chi connectivity index (χ2n) is 9.30. The first-order valence-corrected chi connectivity index (χ1v) is 13.7. The molecular formula is C36H28FIrN4S. The van der Waals surface area contributed by atoms with Crippen LogP contribution in [0.25, 0.3) is 44.0 Å². The number of aromatic nitrogens is 3. The number of aryl methyl sites for hydroxylation is 2. The molecule has 214 valence electrons. The zero-order valence-electron chi connectivity index (χ0n) is 31.4. The summed E-state index contributed by atoms with van der Waals surface area (Å²) in [6.45, 7) is -6.68. The Hall–Kier alpha value is -4.16. The monoisotopic (exact) mass is 769 g/mol. The van der Waals surface area contributed by atoms with E-state index in [1.165, 1.54) is 30.5 Å². The molecule has 0 saturated carbocycles. The second kappa shape index (κ2) is 13.4. The van der Waals surface area contributed by atoms with E-state index in [1.54, 1.807) is 34.9 Å². The zero-order valence-corrected chi connectivity index (χ0v) is 25.6. The average molecular weight is 769 g/mol. The Morgan fingerprint density at radius 3 is 2.51 bits per heavy atom. The van der Waals surface area contributed by atoms with Crippen molar-refractivity contribution in [3.63, 3.8) is 0 Å². The van der Waals surface area contributed by atoms with Crippen LogP contribution in [0, 0.1) is 31.7 Å². The van der Waals surface area contributed by atoms with Gasteiger partial charge in [0, 0.05) is 12.3 Å². The van der Waals surface area contributed by atoms with Gasteiger partial charge in [0.2, 0.25) is 0 Å². The quantitative estimate of drug-likeness (QED) is 0.168. The van der Waals surface area contributed by atoms with E-state index in [-0.39, 0.29) is 53.6 Å². The van der Waals surface area contributed by atoms with Crippen molar-refractivity contribution in [2.45, 2.75) is 26.6 Å². The number of imidazole rings is 1. The van der Waals surface area contributed by atoms with E-state index in [0.717, 1.165) is 22.5 Å². The third-order valence-corrected chi connectivity index (χ3v) is 7.29. The minimum atomic E-state index is -2.36. The predicted molar refractivity (Wildman–Crippen MR) is 170 cm³/mol. The van der Waals surface area contributed by atoms with E-state index in [1.807, 2.05) is 48.5 Å². The first-order chi connectivity index (χ1) is 24.1. The molecule has 43 heavy (non-hydrogen) atoms. The first kappa shape index (κ1) is 20.7. The molecule has 1 aliphatic rings. The molecule has 0 fully saturated rings. The summed E-state index contributed by atoms with van der Waals surface area (Å²) in [6, 6.07) is 32.1. The summed E-state index contributed by atoms with van der Waals surface area (Å²) in [6.07, 6.45) is 4.53. The number of benzene rings is 4. The number of halogens is 1. The number of fused-ring (bicyclic) bond motifs is 1. The third kappa shape index (κ3) is 6.75. The van der Waals surface area contributed by atoms with Crippen LogP contribution in [0.1, 0.15) is 41.4 Å². The number of allylic oxidation sites excluding steroid dienone is 2. The van der Waals surface area contributed by atoms with Crippen LogP contribution >= 0.6 is 11.3 Å². The molecule has 4 nitrogen and oxygen atoms in total. The maximum Gasteiger partial charge on any atom is 3.00 e. The standard InChI is InChI=1S/C23H15FN3S.C13H13N.Ir/c1-15-25-21-23(28-15)27(22(26-21)17-10-6-3-7-11-17)20-14-18(12-13-19(20)24)16-8-4-2-5-9-16;1-10-3-6-12(7-4-10)13-8-5-11(2)9-14-13;/h2-10,12-14H,1H3;3-6,8-9,13H,1-2H3;/q-1;-2;+3/i1D3;1D3,2D3;. The Morgan fingerprint density at radius 2 is 1.81 bits per heavy atom. The minimum Gasteiger partial charge on any atom is -0.683 e. The number of hydrogen-bond donors (Lipinski definition) is 0. The molecule has 4 aromatic carbocycles. The van der Waals surface area contributed by atoms with E-state index < -0.39 is 26.4 Å². The van der Waals surface area contributed by atoms with Crippen LogP contribution in [0.15, 0.2) is 115 Å². The molecule has 3 heterocycles. The summed E-state index contributed by atoms with van der Waals surface area (Å²) in [5, 5.41) is 4.13. The van der Waals surface area contributed by atoms with Gasteiger partial charge >= 0.3 is 20.1 Å². The van der Waals surface area contributed by atoms with Crippen molar-refractivity contribution in [1.29, 1.82) is 0 Å². The van der Waals surface area contributed by atoms with Gasteiger partial charge in [-0.1, -0.05) is 78.4 Å². The second-order valence-corrected chi connectivity index (χ2v) is 10.3. The Bertz CT molecular complexity index is 2210. The van der Waals surface area contributed by atoms with Crippen LogP contribution in [0.2, 0.25) is 0 Å². The van der Waals surface area contributed by atoms with E-state index in [9.17, 15) is 0 Å². The molecule has 1 unspecified atom stereocenters. The van der Waals surface area contributed by atoms with Crippen molar-refractivity contribution in [3.8, 4) is 28.2 Å². The van der Waals surface area contributed by atoms with Crippen molar-refractivity contribution in [1.82, 2.24) is 14.5 Å². The van der Waals surface area contributed by atoms with Crippen molar-refractivity contribution in [2.75, 3.05) is 0 Å². The molecule has 7 heteroatoms. The van der Waals surface area contributed by atoms with Crippen LogP contribution in [-0.4, -0.2) is 14.5 Å². The largest absolute Gasteiger partial charge is 3.00 e. The third-order valence-electron chi connectivity index (χ3n) is 6.45. The van der Waals surface area contributed by atoms with Crippen LogP contribution in [-0.2, 0) is 20.1 Å². The minimum absolute atomic E-state index is 0. The van der Waals surface area contributed by atoms with E-state index >= 15 is 4.39 Å². The van der Waals surface area contributed by atoms with Gasteiger partial charge in [0.05, 0.1) is 16.5 Å². The summed E-state index contributed by atoms with van der Waals surface area (Å²) < 4.78 is 83.5. The van der Waals surface area contributed by atoms with E-state index in [0.29, 0.717) is 21.8 Å². The van der Waals surface area contributed by atoms with Crippen molar-refractivity contribution in [3.05, 3.63) is 154 Å². The summed E-state index contributed by atoms with van der Waals surface area (Å²) >= 11 is 0.998. The molecule has 6 aromatic rings. The maximum absolute atomic E-state index is 15.1. The molecule has 7 rings (SSSR count). The van der Waals surface area contributed by atoms with Gasteiger partial charge < -0.3 is 9.88 Å². The Morgan fingerprint density at radius 1 is 0.930 bits per heavy atom. The van der Waals surface area contributed by atoms with Gasteiger partial charge in [-0.3, -0.25) is 4.98 Å². The van der Waals surface area contributed by atoms with Gasteiger partial charge in [-0.25, -0.2) is 9.37 Å². The fourth-order valence-electron chi connectivity index (χ4n) is 4.45. The molecule has 0 bridgehead atoms. The van der Waals surface area contributed by atoms with Gasteiger partial charge in [0.15, 0.2) is 5.65 Å². The van der Waals surface area contributed by atoms with Gasteiger partial charge in [0.25, 0.3) is 0 Å². The fraction of sp³-hybridized carbons (Fsp3) is 0.111. The molecule has 0 spiro atoms. The molecule has 0 N–H and O–H groups in total. The summed E-state index contributed by atoms with van der Waals surface area (Å²) in [7, 11) is 0. The normalized spacial score (nSPS) is 17.8. The zero-order chi connectivity index (χ0) is 36.6. The smallest absolute Gasteiger partial charge is 0.683 e. The summed E-state index contributed by atoms with van der Waals surface area (Å²) in [4.78, 5) is 9.24. The molecule has 0 amide bonds. The summed E-state index contributed by atoms with van der Waals surface area (Å²) in [5.74, 6) is 0.00977. The molecule has 1 aliphatic heterocycles. The summed E-state index contributed by atoms with van der Waals surface area (Å²) in [5.41, 5.74) is 4.10. The van der Waals surface area contributed by atoms with E-state index in [2.05, 4.69) is 27.4 Å². The topological polar surface area (TPSA) is 44.8 Å². The van der Waals surface area contributed by atoms with Crippen LogP contribution in [0.4, 0.5) is 4.39 Å². The Balaban J connectivity index is 0.000000217. The number of hydrogen-bond acceptors (Lipinski definition) is 3. The van der Waals surface area contributed by atoms with Crippen molar-refractivity contribution >= 4 is 21.8 Å². The number of rotatable bonds is 4. The molecule has 1 atom stereocenters. The van der Waals surface area contributed by atoms with E-state index in [4.69, 9.17) is 12.3 Å². The molecule has 0 radical (unpaired) electrons. The fourth-order valence-corrected chi connectivity index (χ4v) is 5.23. The predicted octanol–water partition coefficient (Wildman–Crippen LogP) is 9.74. The molecule has 0 saturated heterocycles. The van der Waals surface area contributed by atoms with Gasteiger partial charge in [0.1, 0.15) is 10.6 Å². The first-order valence-electron chi connectivity index (χ1n) is 17.4. The van der Waals surface area contributed by atoms with Crippen LogP contribution in [0.3, 0.4) is 0 Å². The Kier molecular flexibility index (Phi) is 6.46. The van der Waals surface area contributed by atoms with Crippen LogP contribution < -0.4 is 0 Å². The van der Waals surface area contributed by atoms with Crippen LogP contribution in [0.5, 0.6) is 0 Å². The van der Waals surface area contributed by atoms with Gasteiger partial charge in [-0.05, 0) is 37.0 Å². The average Bonchev–Trinajstić information content (AvgIpc) is 3.68. The van der Waals surface area contributed by atoms with Gasteiger partial charge in [-0.2, -0.15) is 41.6 Å². The van der Waals surface area contributed by atoms with Crippen molar-refractivity contribution in [2.24, 2.45) is 0 Å². The molecular weight excluding hydrogens is 732 g/mol. The van der Waals surface area contributed by atoms with Gasteiger partial charge in [-0.15, -0.1) is 35.9 Å². The molecule has 0 aliphatic carbocycles. The Labute approximate surface area is 281 Å². The maximum atomic E-state index is 15.1. The molecule has 2 aromatic heterocycles. The number of thiazole rings is 1.